The maximum atomic E-state index is 11.9. The van der Waals surface area contributed by atoms with E-state index in [9.17, 15) is 4.79 Å². The molecule has 10 heteroatoms. The second-order valence-corrected chi connectivity index (χ2v) is 5.97. The zero-order chi connectivity index (χ0) is 14.5. The number of thioether (sulfide) groups is 1. The van der Waals surface area contributed by atoms with Crippen LogP contribution in [0.2, 0.25) is 0 Å². The SMILES string of the molecule is CON(C)C(=O)N(C)c1nnc(SCC2=COOC2)s1. The highest BCUT2D eigenvalue weighted by Gasteiger charge is 2.20. The van der Waals surface area contributed by atoms with Gasteiger partial charge in [0.15, 0.2) is 4.34 Å². The van der Waals surface area contributed by atoms with E-state index >= 15 is 0 Å². The van der Waals surface area contributed by atoms with Gasteiger partial charge >= 0.3 is 6.03 Å². The number of carbonyl (C=O) groups is 1. The smallest absolute Gasteiger partial charge is 0.345 e. The number of hydrogen-bond acceptors (Lipinski definition) is 8. The van der Waals surface area contributed by atoms with Gasteiger partial charge < -0.3 is 4.89 Å². The average molecular weight is 318 g/mol. The number of urea groups is 1. The maximum absolute atomic E-state index is 11.9. The summed E-state index contributed by atoms with van der Waals surface area (Å²) in [6.07, 6.45) is 1.58. The standard InChI is InChI=1S/C10H14N4O4S2/c1-13(10(15)14(2)16-3)8-11-12-9(20-8)19-6-7-4-17-18-5-7/h4H,5-6H2,1-3H3. The topological polar surface area (TPSA) is 77.0 Å². The predicted molar refractivity (Wildman–Crippen MR) is 74.3 cm³/mol. The molecular weight excluding hydrogens is 304 g/mol. The number of aromatic nitrogens is 2. The monoisotopic (exact) mass is 318 g/mol. The van der Waals surface area contributed by atoms with Gasteiger partial charge in [0.25, 0.3) is 0 Å². The lowest BCUT2D eigenvalue weighted by Gasteiger charge is -2.19. The minimum atomic E-state index is -0.319. The highest BCUT2D eigenvalue weighted by molar-refractivity contribution is 8.01. The van der Waals surface area contributed by atoms with Crippen LogP contribution in [0.25, 0.3) is 0 Å². The van der Waals surface area contributed by atoms with Crippen molar-refractivity contribution in [2.45, 2.75) is 4.34 Å². The van der Waals surface area contributed by atoms with E-state index < -0.39 is 0 Å². The molecule has 0 spiro atoms. The first-order valence-corrected chi connectivity index (χ1v) is 7.40. The second-order valence-electron chi connectivity index (χ2n) is 3.80. The molecule has 2 rings (SSSR count). The third-order valence-corrected chi connectivity index (χ3v) is 4.66. The van der Waals surface area contributed by atoms with E-state index in [1.165, 1.54) is 42.2 Å². The molecule has 8 nitrogen and oxygen atoms in total. The third kappa shape index (κ3) is 3.60. The number of anilines is 1. The molecule has 1 aliphatic heterocycles. The van der Waals surface area contributed by atoms with Crippen LogP contribution < -0.4 is 4.90 Å². The summed E-state index contributed by atoms with van der Waals surface area (Å²) in [5.41, 5.74) is 1.04. The molecule has 0 bridgehead atoms. The number of hydrogen-bond donors (Lipinski definition) is 0. The fourth-order valence-corrected chi connectivity index (χ4v) is 2.97. The van der Waals surface area contributed by atoms with Crippen LogP contribution in [-0.2, 0) is 14.6 Å². The van der Waals surface area contributed by atoms with Crippen molar-refractivity contribution < 1.29 is 19.4 Å². The third-order valence-electron chi connectivity index (χ3n) is 2.42. The lowest BCUT2D eigenvalue weighted by molar-refractivity contribution is -0.221. The predicted octanol–water partition coefficient (Wildman–Crippen LogP) is 1.53. The highest BCUT2D eigenvalue weighted by Crippen LogP contribution is 2.29. The van der Waals surface area contributed by atoms with Gasteiger partial charge in [0.05, 0.1) is 7.11 Å². The number of hydroxylamine groups is 2. The molecule has 0 atom stereocenters. The molecule has 1 aliphatic rings. The van der Waals surface area contributed by atoms with Crippen molar-refractivity contribution in [1.82, 2.24) is 15.3 Å². The van der Waals surface area contributed by atoms with Gasteiger partial charge in [0.1, 0.15) is 12.9 Å². The summed E-state index contributed by atoms with van der Waals surface area (Å²) in [4.78, 5) is 27.5. The summed E-state index contributed by atoms with van der Waals surface area (Å²) in [6, 6.07) is -0.319. The molecule has 0 radical (unpaired) electrons. The van der Waals surface area contributed by atoms with E-state index in [2.05, 4.69) is 15.1 Å². The molecule has 0 fully saturated rings. The largest absolute Gasteiger partial charge is 0.349 e. The Balaban J connectivity index is 1.92. The van der Waals surface area contributed by atoms with Crippen LogP contribution >= 0.6 is 23.1 Å². The van der Waals surface area contributed by atoms with E-state index in [-0.39, 0.29) is 6.03 Å². The van der Waals surface area contributed by atoms with Gasteiger partial charge in [-0.2, -0.15) is 4.89 Å². The van der Waals surface area contributed by atoms with E-state index in [1.54, 1.807) is 13.3 Å². The van der Waals surface area contributed by atoms with E-state index in [1.807, 2.05) is 0 Å². The summed E-state index contributed by atoms with van der Waals surface area (Å²) in [5, 5.41) is 9.65. The van der Waals surface area contributed by atoms with Crippen LogP contribution in [-0.4, -0.2) is 54.9 Å². The average Bonchev–Trinajstić information content (AvgIpc) is 3.13. The molecule has 0 unspecified atom stereocenters. The molecular formula is C10H14N4O4S2. The summed E-state index contributed by atoms with van der Waals surface area (Å²) in [7, 11) is 4.57. The quantitative estimate of drug-likeness (QED) is 0.352. The Morgan fingerprint density at radius 2 is 2.35 bits per heavy atom. The Kier molecular flexibility index (Phi) is 5.17. The molecule has 2 heterocycles. The summed E-state index contributed by atoms with van der Waals surface area (Å²) >= 11 is 2.85. The zero-order valence-electron chi connectivity index (χ0n) is 11.2. The molecule has 2 amide bonds. The van der Waals surface area contributed by atoms with Crippen molar-refractivity contribution in [2.75, 3.05) is 38.5 Å². The Hall–Kier alpha value is -1.36. The zero-order valence-corrected chi connectivity index (χ0v) is 12.9. The first-order chi connectivity index (χ1) is 9.61. The molecule has 0 aromatic carbocycles. The van der Waals surface area contributed by atoms with Crippen molar-refractivity contribution >= 4 is 34.3 Å². The maximum Gasteiger partial charge on any atom is 0.349 e. The van der Waals surface area contributed by atoms with E-state index in [4.69, 9.17) is 9.73 Å². The molecule has 0 saturated carbocycles. The van der Waals surface area contributed by atoms with Crippen molar-refractivity contribution in [3.63, 3.8) is 0 Å². The molecule has 1 aromatic heterocycles. The second kappa shape index (κ2) is 6.88. The van der Waals surface area contributed by atoms with Gasteiger partial charge in [-0.05, 0) is 0 Å². The molecule has 110 valence electrons. The molecule has 0 saturated heterocycles. The van der Waals surface area contributed by atoms with Gasteiger partial charge in [0, 0.05) is 25.4 Å². The van der Waals surface area contributed by atoms with Gasteiger partial charge in [0.2, 0.25) is 5.13 Å². The van der Waals surface area contributed by atoms with Gasteiger partial charge in [-0.25, -0.2) is 9.86 Å². The van der Waals surface area contributed by atoms with Gasteiger partial charge in [-0.15, -0.1) is 10.2 Å². The Bertz CT molecular complexity index is 507. The van der Waals surface area contributed by atoms with E-state index in [0.717, 1.165) is 15.0 Å². The fraction of sp³-hybridized carbons (Fsp3) is 0.500. The fourth-order valence-electron chi connectivity index (χ4n) is 1.24. The van der Waals surface area contributed by atoms with Gasteiger partial charge in [-0.1, -0.05) is 23.1 Å². The molecule has 20 heavy (non-hydrogen) atoms. The Labute approximate surface area is 124 Å². The van der Waals surface area contributed by atoms with Crippen LogP contribution in [0.5, 0.6) is 0 Å². The molecule has 0 N–H and O–H groups in total. The van der Waals surface area contributed by atoms with Crippen molar-refractivity contribution in [1.29, 1.82) is 0 Å². The Morgan fingerprint density at radius 3 is 3.00 bits per heavy atom. The number of nitrogens with zero attached hydrogens (tertiary/aromatic N) is 4. The number of amides is 2. The minimum Gasteiger partial charge on any atom is -0.345 e. The summed E-state index contributed by atoms with van der Waals surface area (Å²) < 4.78 is 0.771. The van der Waals surface area contributed by atoms with Crippen molar-refractivity contribution in [3.05, 3.63) is 11.8 Å². The first-order valence-electron chi connectivity index (χ1n) is 5.60. The normalized spacial score (nSPS) is 13.8. The van der Waals surface area contributed by atoms with Crippen molar-refractivity contribution in [3.8, 4) is 0 Å². The lowest BCUT2D eigenvalue weighted by Crippen LogP contribution is -2.38. The number of rotatable bonds is 5. The molecule has 0 aliphatic carbocycles. The van der Waals surface area contributed by atoms with Crippen LogP contribution in [0.3, 0.4) is 0 Å². The van der Waals surface area contributed by atoms with Crippen LogP contribution in [0.15, 0.2) is 16.2 Å². The Morgan fingerprint density at radius 1 is 1.55 bits per heavy atom. The minimum absolute atomic E-state index is 0.319. The van der Waals surface area contributed by atoms with Gasteiger partial charge in [-0.3, -0.25) is 9.74 Å². The summed E-state index contributed by atoms with van der Waals surface area (Å²) in [6.45, 7) is 0.468. The van der Waals surface area contributed by atoms with Crippen LogP contribution in [0.1, 0.15) is 0 Å². The summed E-state index contributed by atoms with van der Waals surface area (Å²) in [5.74, 6) is 0.713. The first kappa shape index (κ1) is 15.0. The van der Waals surface area contributed by atoms with Crippen LogP contribution in [0, 0.1) is 0 Å². The lowest BCUT2D eigenvalue weighted by atomic mass is 10.4. The molecule has 1 aromatic rings. The highest BCUT2D eigenvalue weighted by atomic mass is 32.2. The van der Waals surface area contributed by atoms with Crippen LogP contribution in [0.4, 0.5) is 9.93 Å². The van der Waals surface area contributed by atoms with Crippen molar-refractivity contribution in [2.24, 2.45) is 0 Å². The van der Waals surface area contributed by atoms with E-state index in [0.29, 0.717) is 17.5 Å². The number of carbonyl (C=O) groups excluding carboxylic acids is 1.